The summed E-state index contributed by atoms with van der Waals surface area (Å²) in [4.78, 5) is 23.7. The molecule has 1 atom stereocenters. The molecule has 0 aliphatic carbocycles. The zero-order chi connectivity index (χ0) is 16.1. The Kier molecular flexibility index (Phi) is 4.73. The summed E-state index contributed by atoms with van der Waals surface area (Å²) in [6.07, 6.45) is -1.10. The van der Waals surface area contributed by atoms with E-state index in [1.165, 1.54) is 49.4 Å². The Morgan fingerprint density at radius 1 is 1.14 bits per heavy atom. The molecule has 2 rings (SSSR count). The van der Waals surface area contributed by atoms with Crippen molar-refractivity contribution < 1.29 is 23.8 Å². The van der Waals surface area contributed by atoms with Gasteiger partial charge < -0.3 is 15.2 Å². The predicted molar refractivity (Wildman–Crippen MR) is 78.0 cm³/mol. The average Bonchev–Trinajstić information content (AvgIpc) is 2.50. The van der Waals surface area contributed by atoms with Gasteiger partial charge in [-0.25, -0.2) is 9.18 Å². The highest BCUT2D eigenvalue weighted by atomic mass is 19.1. The quantitative estimate of drug-likeness (QED) is 0.852. The van der Waals surface area contributed by atoms with Crippen LogP contribution in [0.5, 0.6) is 5.75 Å². The highest BCUT2D eigenvalue weighted by Crippen LogP contribution is 2.14. The lowest BCUT2D eigenvalue weighted by molar-refractivity contribution is -0.123. The minimum absolute atomic E-state index is 0.0139. The van der Waals surface area contributed by atoms with E-state index in [0.29, 0.717) is 0 Å². The van der Waals surface area contributed by atoms with Crippen molar-refractivity contribution in [3.63, 3.8) is 0 Å². The van der Waals surface area contributed by atoms with Gasteiger partial charge in [0.25, 0.3) is 5.91 Å². The zero-order valence-corrected chi connectivity index (χ0v) is 11.7. The number of para-hydroxylation sites is 1. The van der Waals surface area contributed by atoms with Crippen molar-refractivity contribution in [3.05, 3.63) is 59.9 Å². The lowest BCUT2D eigenvalue weighted by atomic mass is 10.2. The van der Waals surface area contributed by atoms with Gasteiger partial charge in [0, 0.05) is 0 Å². The van der Waals surface area contributed by atoms with Crippen molar-refractivity contribution in [1.82, 2.24) is 0 Å². The fraction of sp³-hybridized carbons (Fsp3) is 0.125. The van der Waals surface area contributed by atoms with Crippen LogP contribution in [0.3, 0.4) is 0 Å². The fourth-order valence-corrected chi connectivity index (χ4v) is 1.68. The molecule has 6 heteroatoms. The van der Waals surface area contributed by atoms with Gasteiger partial charge in [-0.2, -0.15) is 0 Å². The summed E-state index contributed by atoms with van der Waals surface area (Å²) < 4.78 is 18.4. The smallest absolute Gasteiger partial charge is 0.338 e. The Morgan fingerprint density at radius 2 is 1.77 bits per heavy atom. The van der Waals surface area contributed by atoms with Crippen LogP contribution in [0.25, 0.3) is 0 Å². The lowest BCUT2D eigenvalue weighted by Gasteiger charge is -2.14. The van der Waals surface area contributed by atoms with E-state index in [0.717, 1.165) is 0 Å². The van der Waals surface area contributed by atoms with Gasteiger partial charge in [-0.05, 0) is 43.3 Å². The van der Waals surface area contributed by atoms with E-state index in [1.807, 2.05) is 0 Å². The number of amides is 1. The first-order valence-electron chi connectivity index (χ1n) is 6.53. The number of carbonyl (C=O) groups excluding carboxylic acids is 2. The fourth-order valence-electron chi connectivity index (χ4n) is 1.68. The molecule has 0 heterocycles. The van der Waals surface area contributed by atoms with Gasteiger partial charge in [0.05, 0.1) is 11.3 Å². The molecule has 0 bridgehead atoms. The van der Waals surface area contributed by atoms with Gasteiger partial charge in [0.1, 0.15) is 11.6 Å². The number of carbonyl (C=O) groups is 2. The first-order chi connectivity index (χ1) is 10.5. The lowest BCUT2D eigenvalue weighted by Crippen LogP contribution is -2.30. The molecule has 1 amide bonds. The number of phenols is 1. The molecule has 0 fully saturated rings. The van der Waals surface area contributed by atoms with E-state index in [-0.39, 0.29) is 17.0 Å². The van der Waals surface area contributed by atoms with E-state index < -0.39 is 23.8 Å². The molecule has 0 aliphatic rings. The van der Waals surface area contributed by atoms with Gasteiger partial charge in [0.2, 0.25) is 0 Å². The van der Waals surface area contributed by atoms with Crippen molar-refractivity contribution >= 4 is 17.6 Å². The molecule has 0 spiro atoms. The summed E-state index contributed by atoms with van der Waals surface area (Å²) >= 11 is 0. The molecule has 22 heavy (non-hydrogen) atoms. The van der Waals surface area contributed by atoms with E-state index in [9.17, 15) is 14.0 Å². The zero-order valence-electron chi connectivity index (χ0n) is 11.7. The Bertz CT molecular complexity index is 685. The van der Waals surface area contributed by atoms with Crippen LogP contribution < -0.4 is 5.32 Å². The van der Waals surface area contributed by atoms with Gasteiger partial charge in [-0.1, -0.05) is 12.1 Å². The number of anilines is 1. The number of aromatic hydroxyl groups is 1. The maximum Gasteiger partial charge on any atom is 0.338 e. The van der Waals surface area contributed by atoms with Gasteiger partial charge >= 0.3 is 5.97 Å². The topological polar surface area (TPSA) is 75.6 Å². The number of hydrogen-bond acceptors (Lipinski definition) is 4. The largest absolute Gasteiger partial charge is 0.508 e. The molecule has 2 aromatic carbocycles. The Labute approximate surface area is 126 Å². The maximum absolute atomic E-state index is 13.4. The average molecular weight is 303 g/mol. The Morgan fingerprint density at radius 3 is 2.41 bits per heavy atom. The van der Waals surface area contributed by atoms with Crippen molar-refractivity contribution in [2.45, 2.75) is 13.0 Å². The molecule has 0 saturated carbocycles. The van der Waals surface area contributed by atoms with Gasteiger partial charge in [-0.15, -0.1) is 0 Å². The van der Waals surface area contributed by atoms with Crippen molar-refractivity contribution in [2.24, 2.45) is 0 Å². The standard InChI is InChI=1S/C16H14FNO4/c1-10(15(20)18-14-5-3-2-4-13(14)17)22-16(21)11-6-8-12(19)9-7-11/h2-10,19H,1H3,(H,18,20)/t10-/m1/s1. The third kappa shape index (κ3) is 3.82. The van der Waals surface area contributed by atoms with Crippen molar-refractivity contribution in [2.75, 3.05) is 5.32 Å². The van der Waals surface area contributed by atoms with Crippen molar-refractivity contribution in [3.8, 4) is 5.75 Å². The van der Waals surface area contributed by atoms with Crippen molar-refractivity contribution in [1.29, 1.82) is 0 Å². The van der Waals surface area contributed by atoms with Crippen LogP contribution in [-0.4, -0.2) is 23.1 Å². The van der Waals surface area contributed by atoms with Gasteiger partial charge in [-0.3, -0.25) is 4.79 Å². The second-order valence-corrected chi connectivity index (χ2v) is 4.56. The molecular weight excluding hydrogens is 289 g/mol. The number of halogens is 1. The summed E-state index contributed by atoms with van der Waals surface area (Å²) in [6, 6.07) is 11.1. The van der Waals surface area contributed by atoms with E-state index in [1.54, 1.807) is 6.07 Å². The highest BCUT2D eigenvalue weighted by molar-refractivity contribution is 5.97. The van der Waals surface area contributed by atoms with Crippen LogP contribution in [0, 0.1) is 5.82 Å². The maximum atomic E-state index is 13.4. The minimum Gasteiger partial charge on any atom is -0.508 e. The Hall–Kier alpha value is -2.89. The third-order valence-corrected chi connectivity index (χ3v) is 2.89. The van der Waals surface area contributed by atoms with Crippen LogP contribution in [-0.2, 0) is 9.53 Å². The molecule has 0 radical (unpaired) electrons. The van der Waals surface area contributed by atoms with Crippen LogP contribution in [0.1, 0.15) is 17.3 Å². The molecule has 2 aromatic rings. The Balaban J connectivity index is 1.98. The normalized spacial score (nSPS) is 11.5. The molecule has 0 aromatic heterocycles. The SMILES string of the molecule is C[C@@H](OC(=O)c1ccc(O)cc1)C(=O)Nc1ccccc1F. The third-order valence-electron chi connectivity index (χ3n) is 2.89. The molecule has 5 nitrogen and oxygen atoms in total. The second kappa shape index (κ2) is 6.71. The number of hydrogen-bond donors (Lipinski definition) is 2. The van der Waals surface area contributed by atoms with Crippen LogP contribution in [0.15, 0.2) is 48.5 Å². The summed E-state index contributed by atoms with van der Waals surface area (Å²) in [5, 5.41) is 11.5. The number of phenolic OH excluding ortho intramolecular Hbond substituents is 1. The summed E-state index contributed by atoms with van der Waals surface area (Å²) in [5.41, 5.74) is 0.211. The van der Waals surface area contributed by atoms with Crippen LogP contribution in [0.4, 0.5) is 10.1 Å². The molecule has 2 N–H and O–H groups in total. The highest BCUT2D eigenvalue weighted by Gasteiger charge is 2.19. The van der Waals surface area contributed by atoms with E-state index in [4.69, 9.17) is 9.84 Å². The molecular formula is C16H14FNO4. The summed E-state index contributed by atoms with van der Waals surface area (Å²) in [5.74, 6) is -1.91. The minimum atomic E-state index is -1.10. The first kappa shape index (κ1) is 15.5. The molecule has 0 saturated heterocycles. The monoisotopic (exact) mass is 303 g/mol. The number of ether oxygens (including phenoxy) is 1. The summed E-state index contributed by atoms with van der Waals surface area (Å²) in [6.45, 7) is 1.38. The van der Waals surface area contributed by atoms with Crippen LogP contribution in [0.2, 0.25) is 0 Å². The van der Waals surface area contributed by atoms with E-state index in [2.05, 4.69) is 5.32 Å². The number of rotatable bonds is 4. The first-order valence-corrected chi connectivity index (χ1v) is 6.53. The van der Waals surface area contributed by atoms with Crippen LogP contribution >= 0.6 is 0 Å². The number of esters is 1. The number of nitrogens with one attached hydrogen (secondary N) is 1. The number of benzene rings is 2. The summed E-state index contributed by atoms with van der Waals surface area (Å²) in [7, 11) is 0. The molecule has 114 valence electrons. The van der Waals surface area contributed by atoms with Gasteiger partial charge in [0.15, 0.2) is 6.10 Å². The van der Waals surface area contributed by atoms with E-state index >= 15 is 0 Å². The molecule has 0 unspecified atom stereocenters. The molecule has 0 aliphatic heterocycles. The predicted octanol–water partition coefficient (Wildman–Crippen LogP) is 2.72. The second-order valence-electron chi connectivity index (χ2n) is 4.56.